The lowest BCUT2D eigenvalue weighted by molar-refractivity contribution is 0.454. The van der Waals surface area contributed by atoms with Crippen LogP contribution >= 0.6 is 0 Å². The zero-order valence-corrected chi connectivity index (χ0v) is 11.2. The smallest absolute Gasteiger partial charge is 0.166 e. The molecular formula is C17H17F2N. The van der Waals surface area contributed by atoms with E-state index in [4.69, 9.17) is 0 Å². The quantitative estimate of drug-likeness (QED) is 0.868. The maximum Gasteiger partial charge on any atom is 0.166 e. The molecule has 3 rings (SSSR count). The molecule has 2 aromatic rings. The molecule has 1 aliphatic rings. The lowest BCUT2D eigenvalue weighted by Crippen LogP contribution is -2.26. The van der Waals surface area contributed by atoms with E-state index in [1.165, 1.54) is 6.07 Å². The second kappa shape index (κ2) is 5.71. The standard InChI is InChI=1S/C17H17F2N/c18-16-11-14(12-6-8-20-9-7-12)10-15(17(16)19)13-4-2-1-3-5-13/h1-5,10-12,20H,6-9H2. The molecule has 0 bridgehead atoms. The Hall–Kier alpha value is -1.74. The minimum atomic E-state index is -0.756. The third-order valence-electron chi connectivity index (χ3n) is 3.95. The summed E-state index contributed by atoms with van der Waals surface area (Å²) in [6.45, 7) is 1.87. The SMILES string of the molecule is Fc1cc(C2CCNCC2)cc(-c2ccccc2)c1F. The first-order valence-corrected chi connectivity index (χ1v) is 7.01. The number of halogens is 2. The minimum Gasteiger partial charge on any atom is -0.317 e. The summed E-state index contributed by atoms with van der Waals surface area (Å²) >= 11 is 0. The molecule has 1 aliphatic heterocycles. The maximum atomic E-state index is 14.0. The molecule has 3 heteroatoms. The van der Waals surface area contributed by atoms with Gasteiger partial charge in [-0.15, -0.1) is 0 Å². The highest BCUT2D eigenvalue weighted by molar-refractivity contribution is 5.65. The Morgan fingerprint density at radius 1 is 0.950 bits per heavy atom. The Bertz CT molecular complexity index is 589. The van der Waals surface area contributed by atoms with Gasteiger partial charge in [-0.05, 0) is 55.1 Å². The van der Waals surface area contributed by atoms with Crippen LogP contribution in [0.15, 0.2) is 42.5 Å². The zero-order valence-electron chi connectivity index (χ0n) is 11.2. The first-order valence-electron chi connectivity index (χ1n) is 7.01. The van der Waals surface area contributed by atoms with Gasteiger partial charge in [0.15, 0.2) is 11.6 Å². The second-order valence-corrected chi connectivity index (χ2v) is 5.25. The van der Waals surface area contributed by atoms with Crippen LogP contribution in [0, 0.1) is 11.6 Å². The predicted octanol–water partition coefficient (Wildman–Crippen LogP) is 4.10. The van der Waals surface area contributed by atoms with Crippen LogP contribution in [-0.4, -0.2) is 13.1 Å². The fourth-order valence-electron chi connectivity index (χ4n) is 2.83. The van der Waals surface area contributed by atoms with E-state index in [1.807, 2.05) is 36.4 Å². The Kier molecular flexibility index (Phi) is 3.79. The fourth-order valence-corrected chi connectivity index (χ4v) is 2.83. The largest absolute Gasteiger partial charge is 0.317 e. The van der Waals surface area contributed by atoms with Gasteiger partial charge in [-0.25, -0.2) is 8.78 Å². The van der Waals surface area contributed by atoms with Crippen molar-refractivity contribution in [2.24, 2.45) is 0 Å². The number of hydrogen-bond acceptors (Lipinski definition) is 1. The molecule has 0 saturated carbocycles. The average Bonchev–Trinajstić information content (AvgIpc) is 2.51. The summed E-state index contributed by atoms with van der Waals surface area (Å²) in [5.41, 5.74) is 1.99. The number of rotatable bonds is 2. The predicted molar refractivity (Wildman–Crippen MR) is 76.6 cm³/mol. The molecule has 0 aliphatic carbocycles. The van der Waals surface area contributed by atoms with Gasteiger partial charge in [0.1, 0.15) is 0 Å². The van der Waals surface area contributed by atoms with E-state index < -0.39 is 11.6 Å². The molecule has 1 saturated heterocycles. The van der Waals surface area contributed by atoms with E-state index in [0.29, 0.717) is 11.5 Å². The van der Waals surface area contributed by atoms with Crippen molar-refractivity contribution in [3.8, 4) is 11.1 Å². The third kappa shape index (κ3) is 2.59. The van der Waals surface area contributed by atoms with Crippen LogP contribution in [0.5, 0.6) is 0 Å². The lowest BCUT2D eigenvalue weighted by atomic mass is 9.88. The summed E-state index contributed by atoms with van der Waals surface area (Å²) in [4.78, 5) is 0. The topological polar surface area (TPSA) is 12.0 Å². The van der Waals surface area contributed by atoms with Gasteiger partial charge in [-0.3, -0.25) is 0 Å². The van der Waals surface area contributed by atoms with Crippen molar-refractivity contribution in [3.63, 3.8) is 0 Å². The second-order valence-electron chi connectivity index (χ2n) is 5.25. The Morgan fingerprint density at radius 3 is 2.35 bits per heavy atom. The van der Waals surface area contributed by atoms with E-state index in [2.05, 4.69) is 5.32 Å². The fraction of sp³-hybridized carbons (Fsp3) is 0.294. The molecule has 1 nitrogen and oxygen atoms in total. The van der Waals surface area contributed by atoms with Crippen LogP contribution in [0.25, 0.3) is 11.1 Å². The van der Waals surface area contributed by atoms with E-state index in [9.17, 15) is 8.78 Å². The van der Waals surface area contributed by atoms with Crippen molar-refractivity contribution in [3.05, 3.63) is 59.7 Å². The number of nitrogens with one attached hydrogen (secondary N) is 1. The molecule has 2 aromatic carbocycles. The van der Waals surface area contributed by atoms with Crippen LogP contribution in [0.3, 0.4) is 0 Å². The summed E-state index contributed by atoms with van der Waals surface area (Å²) in [7, 11) is 0. The summed E-state index contributed by atoms with van der Waals surface area (Å²) in [6, 6.07) is 12.3. The highest BCUT2D eigenvalue weighted by Gasteiger charge is 2.19. The van der Waals surface area contributed by atoms with E-state index >= 15 is 0 Å². The summed E-state index contributed by atoms with van der Waals surface area (Å²) in [5.74, 6) is -1.19. The van der Waals surface area contributed by atoms with Crippen molar-refractivity contribution in [1.82, 2.24) is 5.32 Å². The summed E-state index contributed by atoms with van der Waals surface area (Å²) in [5, 5.41) is 3.29. The van der Waals surface area contributed by atoms with Gasteiger partial charge < -0.3 is 5.32 Å². The Labute approximate surface area is 117 Å². The maximum absolute atomic E-state index is 14.0. The zero-order chi connectivity index (χ0) is 13.9. The van der Waals surface area contributed by atoms with Crippen molar-refractivity contribution < 1.29 is 8.78 Å². The van der Waals surface area contributed by atoms with E-state index in [-0.39, 0.29) is 0 Å². The van der Waals surface area contributed by atoms with Gasteiger partial charge in [0.25, 0.3) is 0 Å². The Balaban J connectivity index is 2.03. The van der Waals surface area contributed by atoms with Crippen LogP contribution < -0.4 is 5.32 Å². The molecule has 0 atom stereocenters. The van der Waals surface area contributed by atoms with Crippen molar-refractivity contribution in [1.29, 1.82) is 0 Å². The van der Waals surface area contributed by atoms with Crippen LogP contribution in [0.2, 0.25) is 0 Å². The molecule has 104 valence electrons. The van der Waals surface area contributed by atoms with Gasteiger partial charge in [0.2, 0.25) is 0 Å². The van der Waals surface area contributed by atoms with E-state index in [0.717, 1.165) is 37.1 Å². The van der Waals surface area contributed by atoms with Gasteiger partial charge in [-0.2, -0.15) is 0 Å². The molecule has 0 unspecified atom stereocenters. The molecule has 1 fully saturated rings. The molecule has 0 spiro atoms. The van der Waals surface area contributed by atoms with Crippen LogP contribution in [-0.2, 0) is 0 Å². The van der Waals surface area contributed by atoms with Gasteiger partial charge >= 0.3 is 0 Å². The van der Waals surface area contributed by atoms with Crippen molar-refractivity contribution in [2.75, 3.05) is 13.1 Å². The van der Waals surface area contributed by atoms with Crippen LogP contribution in [0.4, 0.5) is 8.78 Å². The minimum absolute atomic E-state index is 0.314. The molecule has 0 amide bonds. The summed E-state index contributed by atoms with van der Waals surface area (Å²) in [6.07, 6.45) is 1.94. The highest BCUT2D eigenvalue weighted by Crippen LogP contribution is 2.32. The third-order valence-corrected chi connectivity index (χ3v) is 3.95. The molecule has 0 radical (unpaired) electrons. The average molecular weight is 273 g/mol. The lowest BCUT2D eigenvalue weighted by Gasteiger charge is -2.23. The molecular weight excluding hydrogens is 256 g/mol. The normalized spacial score (nSPS) is 16.3. The monoisotopic (exact) mass is 273 g/mol. The number of benzene rings is 2. The van der Waals surface area contributed by atoms with Crippen molar-refractivity contribution >= 4 is 0 Å². The Morgan fingerprint density at radius 2 is 1.65 bits per heavy atom. The first kappa shape index (κ1) is 13.3. The first-order chi connectivity index (χ1) is 9.75. The highest BCUT2D eigenvalue weighted by atomic mass is 19.2. The molecule has 1 N–H and O–H groups in total. The van der Waals surface area contributed by atoms with Crippen LogP contribution in [0.1, 0.15) is 24.3 Å². The summed E-state index contributed by atoms with van der Waals surface area (Å²) < 4.78 is 27.9. The number of piperidine rings is 1. The number of hydrogen-bond donors (Lipinski definition) is 1. The molecule has 1 heterocycles. The van der Waals surface area contributed by atoms with E-state index in [1.54, 1.807) is 0 Å². The molecule has 20 heavy (non-hydrogen) atoms. The molecule has 0 aromatic heterocycles. The van der Waals surface area contributed by atoms with Gasteiger partial charge in [0, 0.05) is 5.56 Å². The van der Waals surface area contributed by atoms with Crippen molar-refractivity contribution in [2.45, 2.75) is 18.8 Å². The van der Waals surface area contributed by atoms with Gasteiger partial charge in [0.05, 0.1) is 0 Å². The van der Waals surface area contributed by atoms with Gasteiger partial charge in [-0.1, -0.05) is 30.3 Å².